The van der Waals surface area contributed by atoms with E-state index in [9.17, 15) is 22.0 Å². The zero-order chi connectivity index (χ0) is 16.3. The van der Waals surface area contributed by atoms with Crippen LogP contribution in [0.2, 0.25) is 0 Å². The number of nitrogens with zero attached hydrogens (tertiary/aromatic N) is 3. The summed E-state index contributed by atoms with van der Waals surface area (Å²) in [7, 11) is 0. The van der Waals surface area contributed by atoms with E-state index in [1.54, 1.807) is 11.8 Å². The Morgan fingerprint density at radius 3 is 2.32 bits per heavy atom. The van der Waals surface area contributed by atoms with Crippen molar-refractivity contribution in [3.8, 4) is 0 Å². The number of anilines is 1. The fourth-order valence-electron chi connectivity index (χ4n) is 2.91. The van der Waals surface area contributed by atoms with Gasteiger partial charge in [-0.05, 0) is 38.5 Å². The summed E-state index contributed by atoms with van der Waals surface area (Å²) in [4.78, 5) is 8.44. The molecule has 1 aliphatic rings. The SMILES string of the molecule is CCN(C[C@H]1CC[C@H](C(F)(F)F)CC1)c1ncnc(F)c1F. The van der Waals surface area contributed by atoms with Crippen LogP contribution in [0.4, 0.5) is 27.8 Å². The minimum Gasteiger partial charge on any atom is -0.354 e. The van der Waals surface area contributed by atoms with Gasteiger partial charge in [0.1, 0.15) is 6.33 Å². The Labute approximate surface area is 125 Å². The van der Waals surface area contributed by atoms with Gasteiger partial charge in [-0.25, -0.2) is 9.97 Å². The van der Waals surface area contributed by atoms with Gasteiger partial charge in [-0.1, -0.05) is 0 Å². The number of hydrogen-bond donors (Lipinski definition) is 0. The van der Waals surface area contributed by atoms with Gasteiger partial charge in [-0.2, -0.15) is 22.0 Å². The average Bonchev–Trinajstić information content (AvgIpc) is 2.47. The van der Waals surface area contributed by atoms with Crippen LogP contribution >= 0.6 is 0 Å². The highest BCUT2D eigenvalue weighted by molar-refractivity contribution is 5.38. The van der Waals surface area contributed by atoms with Gasteiger partial charge >= 0.3 is 6.18 Å². The monoisotopic (exact) mass is 323 g/mol. The summed E-state index contributed by atoms with van der Waals surface area (Å²) in [6, 6.07) is 0. The molecule has 1 fully saturated rings. The van der Waals surface area contributed by atoms with Crippen molar-refractivity contribution in [3.05, 3.63) is 18.1 Å². The summed E-state index contributed by atoms with van der Waals surface area (Å²) < 4.78 is 64.8. The predicted molar refractivity (Wildman–Crippen MR) is 71.3 cm³/mol. The van der Waals surface area contributed by atoms with Crippen molar-refractivity contribution in [2.24, 2.45) is 11.8 Å². The van der Waals surface area contributed by atoms with Gasteiger partial charge in [0.15, 0.2) is 5.82 Å². The molecule has 3 nitrogen and oxygen atoms in total. The van der Waals surface area contributed by atoms with Crippen LogP contribution in [-0.2, 0) is 0 Å². The minimum absolute atomic E-state index is 0.0241. The van der Waals surface area contributed by atoms with Crippen molar-refractivity contribution >= 4 is 5.82 Å². The summed E-state index contributed by atoms with van der Waals surface area (Å²) in [6.07, 6.45) is -2.17. The Hall–Kier alpha value is -1.47. The highest BCUT2D eigenvalue weighted by Gasteiger charge is 2.41. The third-order valence-corrected chi connectivity index (χ3v) is 4.20. The second kappa shape index (κ2) is 6.75. The number of hydrogen-bond acceptors (Lipinski definition) is 3. The molecule has 8 heteroatoms. The molecule has 0 amide bonds. The van der Waals surface area contributed by atoms with Crippen molar-refractivity contribution in [2.45, 2.75) is 38.8 Å². The van der Waals surface area contributed by atoms with E-state index in [0.29, 0.717) is 25.9 Å². The molecule has 1 saturated carbocycles. The highest BCUT2D eigenvalue weighted by Crippen LogP contribution is 2.39. The van der Waals surface area contributed by atoms with Crippen LogP contribution in [0.5, 0.6) is 0 Å². The first-order valence-electron chi connectivity index (χ1n) is 7.30. The Bertz CT molecular complexity index is 498. The molecule has 1 aliphatic carbocycles. The third kappa shape index (κ3) is 3.84. The van der Waals surface area contributed by atoms with Gasteiger partial charge in [0, 0.05) is 13.1 Å². The quantitative estimate of drug-likeness (QED) is 0.620. The second-order valence-electron chi connectivity index (χ2n) is 5.60. The van der Waals surface area contributed by atoms with Gasteiger partial charge in [0.25, 0.3) is 5.95 Å². The molecule has 22 heavy (non-hydrogen) atoms. The molecule has 1 heterocycles. The normalized spacial score (nSPS) is 22.6. The molecule has 0 aromatic carbocycles. The van der Waals surface area contributed by atoms with Crippen LogP contribution < -0.4 is 4.90 Å². The first kappa shape index (κ1) is 16.9. The molecule has 1 aromatic heterocycles. The minimum atomic E-state index is -4.14. The van der Waals surface area contributed by atoms with Crippen LogP contribution in [0.3, 0.4) is 0 Å². The maximum atomic E-state index is 13.7. The van der Waals surface area contributed by atoms with E-state index < -0.39 is 23.9 Å². The lowest BCUT2D eigenvalue weighted by molar-refractivity contribution is -0.183. The van der Waals surface area contributed by atoms with Crippen LogP contribution in [0.15, 0.2) is 6.33 Å². The summed E-state index contributed by atoms with van der Waals surface area (Å²) >= 11 is 0. The van der Waals surface area contributed by atoms with Gasteiger partial charge < -0.3 is 4.90 Å². The summed E-state index contributed by atoms with van der Waals surface area (Å²) in [5.74, 6) is -3.69. The van der Waals surface area contributed by atoms with Crippen molar-refractivity contribution < 1.29 is 22.0 Å². The van der Waals surface area contributed by atoms with Crippen LogP contribution in [0.1, 0.15) is 32.6 Å². The Morgan fingerprint density at radius 2 is 1.77 bits per heavy atom. The predicted octanol–water partition coefficient (Wildman–Crippen LogP) is 3.95. The smallest absolute Gasteiger partial charge is 0.354 e. The van der Waals surface area contributed by atoms with Gasteiger partial charge in [0.05, 0.1) is 5.92 Å². The van der Waals surface area contributed by atoms with Gasteiger partial charge in [-0.3, -0.25) is 0 Å². The first-order valence-corrected chi connectivity index (χ1v) is 7.30. The number of aromatic nitrogens is 2. The first-order chi connectivity index (χ1) is 10.3. The molecule has 1 aromatic rings. The van der Waals surface area contributed by atoms with E-state index in [2.05, 4.69) is 9.97 Å². The fraction of sp³-hybridized carbons (Fsp3) is 0.714. The molecule has 0 N–H and O–H groups in total. The lowest BCUT2D eigenvalue weighted by Gasteiger charge is -2.33. The zero-order valence-corrected chi connectivity index (χ0v) is 12.2. The van der Waals surface area contributed by atoms with Crippen molar-refractivity contribution in [2.75, 3.05) is 18.0 Å². The van der Waals surface area contributed by atoms with Crippen LogP contribution in [0.25, 0.3) is 0 Å². The molecular weight excluding hydrogens is 305 g/mol. The van der Waals surface area contributed by atoms with Crippen molar-refractivity contribution in [1.82, 2.24) is 9.97 Å². The number of rotatable bonds is 4. The molecule has 0 saturated heterocycles. The molecule has 2 rings (SSSR count). The standard InChI is InChI=1S/C14H18F5N3/c1-2-22(13-11(15)12(16)20-8-21-13)7-9-3-5-10(6-4-9)14(17,18)19/h8-10H,2-7H2,1H3/t9-,10-. The molecule has 0 aliphatic heterocycles. The third-order valence-electron chi connectivity index (χ3n) is 4.20. The maximum Gasteiger partial charge on any atom is 0.391 e. The summed E-state index contributed by atoms with van der Waals surface area (Å²) in [5, 5.41) is 0. The van der Waals surface area contributed by atoms with E-state index in [-0.39, 0.29) is 24.6 Å². The largest absolute Gasteiger partial charge is 0.391 e. The van der Waals surface area contributed by atoms with Gasteiger partial charge in [0.2, 0.25) is 5.82 Å². The van der Waals surface area contributed by atoms with E-state index >= 15 is 0 Å². The molecular formula is C14H18F5N3. The number of alkyl halides is 3. The lowest BCUT2D eigenvalue weighted by Crippen LogP contribution is -2.35. The molecule has 0 unspecified atom stereocenters. The van der Waals surface area contributed by atoms with Crippen LogP contribution in [-0.4, -0.2) is 29.2 Å². The van der Waals surface area contributed by atoms with Crippen LogP contribution in [0, 0.1) is 23.6 Å². The van der Waals surface area contributed by atoms with E-state index in [4.69, 9.17) is 0 Å². The van der Waals surface area contributed by atoms with Gasteiger partial charge in [-0.15, -0.1) is 0 Å². The highest BCUT2D eigenvalue weighted by atomic mass is 19.4. The van der Waals surface area contributed by atoms with E-state index in [1.165, 1.54) is 0 Å². The van der Waals surface area contributed by atoms with E-state index in [1.807, 2.05) is 0 Å². The second-order valence-corrected chi connectivity index (χ2v) is 5.60. The molecule has 0 bridgehead atoms. The number of halogens is 5. The average molecular weight is 323 g/mol. The fourth-order valence-corrected chi connectivity index (χ4v) is 2.91. The summed E-state index contributed by atoms with van der Waals surface area (Å²) in [6.45, 7) is 2.53. The Balaban J connectivity index is 1.99. The maximum absolute atomic E-state index is 13.7. The molecule has 0 spiro atoms. The Morgan fingerprint density at radius 1 is 1.14 bits per heavy atom. The van der Waals surface area contributed by atoms with E-state index in [0.717, 1.165) is 6.33 Å². The molecule has 124 valence electrons. The van der Waals surface area contributed by atoms with Crippen molar-refractivity contribution in [3.63, 3.8) is 0 Å². The van der Waals surface area contributed by atoms with Crippen molar-refractivity contribution in [1.29, 1.82) is 0 Å². The zero-order valence-electron chi connectivity index (χ0n) is 12.2. The lowest BCUT2D eigenvalue weighted by atomic mass is 9.81. The molecule has 0 atom stereocenters. The topological polar surface area (TPSA) is 29.0 Å². The Kier molecular flexibility index (Phi) is 5.18. The molecule has 0 radical (unpaired) electrons. The summed E-state index contributed by atoms with van der Waals surface area (Å²) in [5.41, 5.74) is 0.